The third-order valence-electron chi connectivity index (χ3n) is 2.39. The van der Waals surface area contributed by atoms with Gasteiger partial charge in [0.15, 0.2) is 0 Å². The maximum Gasteiger partial charge on any atom is 0.274 e. The number of hydrogen-bond donors (Lipinski definition) is 1. The first kappa shape index (κ1) is 13.2. The highest BCUT2D eigenvalue weighted by atomic mass is 35.5. The lowest BCUT2D eigenvalue weighted by Crippen LogP contribution is -2.18. The minimum Gasteiger partial charge on any atom is -0.267 e. The summed E-state index contributed by atoms with van der Waals surface area (Å²) in [6, 6.07) is 12.7. The molecule has 3 nitrogen and oxygen atoms in total. The second kappa shape index (κ2) is 6.11. The summed E-state index contributed by atoms with van der Waals surface area (Å²) in [6.45, 7) is 0. The Hall–Kier alpha value is -2.20. The second-order valence-corrected chi connectivity index (χ2v) is 4.11. The van der Waals surface area contributed by atoms with E-state index in [-0.39, 0.29) is 5.56 Å². The van der Waals surface area contributed by atoms with Gasteiger partial charge in [-0.05, 0) is 18.2 Å². The molecule has 5 heteroatoms. The number of carbonyl (C=O) groups excluding carboxylic acids is 1. The lowest BCUT2D eigenvalue weighted by Gasteiger charge is -2.01. The van der Waals surface area contributed by atoms with E-state index in [1.165, 1.54) is 24.4 Å². The summed E-state index contributed by atoms with van der Waals surface area (Å²) >= 11 is 5.92. The van der Waals surface area contributed by atoms with E-state index in [1.54, 1.807) is 30.3 Å². The fourth-order valence-corrected chi connectivity index (χ4v) is 1.63. The molecule has 0 aliphatic heterocycles. The highest BCUT2D eigenvalue weighted by molar-refractivity contribution is 6.33. The molecule has 0 bridgehead atoms. The van der Waals surface area contributed by atoms with Gasteiger partial charge in [0.05, 0.1) is 11.8 Å². The van der Waals surface area contributed by atoms with Crippen LogP contribution in [-0.4, -0.2) is 12.1 Å². The molecule has 0 unspecified atom stereocenters. The molecule has 0 spiro atoms. The number of nitrogens with zero attached hydrogens (tertiary/aromatic N) is 1. The zero-order valence-corrected chi connectivity index (χ0v) is 10.6. The normalized spacial score (nSPS) is 10.6. The highest BCUT2D eigenvalue weighted by Gasteiger charge is 2.09. The van der Waals surface area contributed by atoms with Crippen LogP contribution in [0.5, 0.6) is 0 Å². The highest BCUT2D eigenvalue weighted by Crippen LogP contribution is 2.12. The average molecular weight is 277 g/mol. The van der Waals surface area contributed by atoms with Crippen LogP contribution in [0.3, 0.4) is 0 Å². The summed E-state index contributed by atoms with van der Waals surface area (Å²) in [5.74, 6) is -1.20. The molecule has 19 heavy (non-hydrogen) atoms. The van der Waals surface area contributed by atoms with Crippen LogP contribution in [0, 0.1) is 5.82 Å². The molecule has 0 aliphatic carbocycles. The lowest BCUT2D eigenvalue weighted by molar-refractivity contribution is 0.0951. The van der Waals surface area contributed by atoms with Crippen molar-refractivity contribution < 1.29 is 9.18 Å². The number of halogens is 2. The van der Waals surface area contributed by atoms with Gasteiger partial charge in [-0.1, -0.05) is 41.9 Å². The van der Waals surface area contributed by atoms with Crippen molar-refractivity contribution >= 4 is 23.7 Å². The van der Waals surface area contributed by atoms with Gasteiger partial charge in [-0.25, -0.2) is 9.82 Å². The standard InChI is InChI=1S/C14H10ClFN2O/c15-12-7-3-1-5-10(12)9-17-18-14(19)11-6-2-4-8-13(11)16/h1-9H,(H,18,19)/b17-9+. The molecule has 0 saturated heterocycles. The number of carbonyl (C=O) groups is 1. The molecule has 96 valence electrons. The van der Waals surface area contributed by atoms with Crippen molar-refractivity contribution in [2.45, 2.75) is 0 Å². The molecule has 2 aromatic rings. The molecule has 1 amide bonds. The third kappa shape index (κ3) is 3.39. The van der Waals surface area contributed by atoms with Crippen LogP contribution in [0.15, 0.2) is 53.6 Å². The largest absolute Gasteiger partial charge is 0.274 e. The van der Waals surface area contributed by atoms with Crippen LogP contribution in [0.25, 0.3) is 0 Å². The topological polar surface area (TPSA) is 41.5 Å². The predicted octanol–water partition coefficient (Wildman–Crippen LogP) is 3.24. The van der Waals surface area contributed by atoms with Gasteiger partial charge in [0.1, 0.15) is 5.82 Å². The molecule has 0 heterocycles. The average Bonchev–Trinajstić information content (AvgIpc) is 2.41. The van der Waals surface area contributed by atoms with Crippen molar-refractivity contribution in [1.29, 1.82) is 0 Å². The van der Waals surface area contributed by atoms with E-state index in [0.717, 1.165) is 0 Å². The molecule has 0 atom stereocenters. The smallest absolute Gasteiger partial charge is 0.267 e. The second-order valence-electron chi connectivity index (χ2n) is 3.70. The van der Waals surface area contributed by atoms with Crippen LogP contribution in [-0.2, 0) is 0 Å². The Morgan fingerprint density at radius 2 is 1.84 bits per heavy atom. The number of rotatable bonds is 3. The number of benzene rings is 2. The first-order valence-corrected chi connectivity index (χ1v) is 5.89. The molecule has 0 radical (unpaired) electrons. The molecule has 0 fully saturated rings. The third-order valence-corrected chi connectivity index (χ3v) is 2.74. The van der Waals surface area contributed by atoms with Crippen molar-refractivity contribution in [1.82, 2.24) is 5.43 Å². The minimum absolute atomic E-state index is 0.0567. The molecular weight excluding hydrogens is 267 g/mol. The molecular formula is C14H10ClFN2O. The van der Waals surface area contributed by atoms with E-state index < -0.39 is 11.7 Å². The van der Waals surface area contributed by atoms with Crippen molar-refractivity contribution in [3.63, 3.8) is 0 Å². The van der Waals surface area contributed by atoms with Crippen molar-refractivity contribution in [3.8, 4) is 0 Å². The van der Waals surface area contributed by atoms with Crippen molar-refractivity contribution in [3.05, 3.63) is 70.5 Å². The van der Waals surface area contributed by atoms with Gasteiger partial charge in [0.2, 0.25) is 0 Å². The van der Waals surface area contributed by atoms with Gasteiger partial charge in [0.25, 0.3) is 5.91 Å². The van der Waals surface area contributed by atoms with E-state index in [4.69, 9.17) is 11.6 Å². The van der Waals surface area contributed by atoms with Crippen molar-refractivity contribution in [2.75, 3.05) is 0 Å². The maximum absolute atomic E-state index is 13.3. The van der Waals surface area contributed by atoms with E-state index in [9.17, 15) is 9.18 Å². The van der Waals surface area contributed by atoms with Gasteiger partial charge >= 0.3 is 0 Å². The minimum atomic E-state index is -0.610. The number of amides is 1. The van der Waals surface area contributed by atoms with Crippen molar-refractivity contribution in [2.24, 2.45) is 5.10 Å². The fraction of sp³-hybridized carbons (Fsp3) is 0. The quantitative estimate of drug-likeness (QED) is 0.679. The fourth-order valence-electron chi connectivity index (χ4n) is 1.45. The van der Waals surface area contributed by atoms with E-state index in [2.05, 4.69) is 10.5 Å². The Bertz CT molecular complexity index is 628. The maximum atomic E-state index is 13.3. The van der Waals surface area contributed by atoms with E-state index in [0.29, 0.717) is 10.6 Å². The Balaban J connectivity index is 2.06. The summed E-state index contributed by atoms with van der Waals surface area (Å²) in [7, 11) is 0. The van der Waals surface area contributed by atoms with Gasteiger partial charge in [0, 0.05) is 10.6 Å². The first-order valence-electron chi connectivity index (χ1n) is 5.51. The summed E-state index contributed by atoms with van der Waals surface area (Å²) in [4.78, 5) is 11.6. The van der Waals surface area contributed by atoms with Crippen LogP contribution in [0.1, 0.15) is 15.9 Å². The Labute approximate surface area is 114 Å². The summed E-state index contributed by atoms with van der Waals surface area (Å²) in [6.07, 6.45) is 1.40. The zero-order chi connectivity index (χ0) is 13.7. The van der Waals surface area contributed by atoms with Gasteiger partial charge < -0.3 is 0 Å². The molecule has 0 saturated carbocycles. The molecule has 2 aromatic carbocycles. The zero-order valence-electron chi connectivity index (χ0n) is 9.81. The molecule has 0 aliphatic rings. The lowest BCUT2D eigenvalue weighted by atomic mass is 10.2. The summed E-state index contributed by atoms with van der Waals surface area (Å²) in [5.41, 5.74) is 2.86. The SMILES string of the molecule is O=C(N/N=C/c1ccccc1Cl)c1ccccc1F. The number of nitrogens with one attached hydrogen (secondary N) is 1. The van der Waals surface area contributed by atoms with E-state index >= 15 is 0 Å². The molecule has 1 N–H and O–H groups in total. The molecule has 2 rings (SSSR count). The van der Waals surface area contributed by atoms with Gasteiger partial charge in [-0.3, -0.25) is 4.79 Å². The summed E-state index contributed by atoms with van der Waals surface area (Å²) in [5, 5.41) is 4.26. The Morgan fingerprint density at radius 1 is 1.16 bits per heavy atom. The van der Waals surface area contributed by atoms with Gasteiger partial charge in [-0.2, -0.15) is 5.10 Å². The summed E-state index contributed by atoms with van der Waals surface area (Å²) < 4.78 is 13.3. The molecule has 0 aromatic heterocycles. The Kier molecular flexibility index (Phi) is 4.26. The van der Waals surface area contributed by atoms with E-state index in [1.807, 2.05) is 0 Å². The monoisotopic (exact) mass is 276 g/mol. The van der Waals surface area contributed by atoms with Crippen LogP contribution >= 0.6 is 11.6 Å². The van der Waals surface area contributed by atoms with Crippen LogP contribution in [0.2, 0.25) is 5.02 Å². The van der Waals surface area contributed by atoms with Crippen LogP contribution in [0.4, 0.5) is 4.39 Å². The number of hydrazone groups is 1. The van der Waals surface area contributed by atoms with Gasteiger partial charge in [-0.15, -0.1) is 0 Å². The Morgan fingerprint density at radius 3 is 2.58 bits per heavy atom. The number of hydrogen-bond acceptors (Lipinski definition) is 2. The predicted molar refractivity (Wildman–Crippen MR) is 72.9 cm³/mol. The first-order chi connectivity index (χ1) is 9.18. The van der Waals surface area contributed by atoms with Crippen LogP contribution < -0.4 is 5.43 Å².